The van der Waals surface area contributed by atoms with Gasteiger partial charge in [0.25, 0.3) is 0 Å². The van der Waals surface area contributed by atoms with E-state index in [9.17, 15) is 4.39 Å². The molecule has 0 aliphatic heterocycles. The molecular weight excluding hydrogens is 203 g/mol. The van der Waals surface area contributed by atoms with E-state index in [4.69, 9.17) is 5.26 Å². The van der Waals surface area contributed by atoms with E-state index in [-0.39, 0.29) is 5.82 Å². The van der Waals surface area contributed by atoms with Crippen LogP contribution in [0.3, 0.4) is 0 Å². The standard InChI is InChI=1S/C13H9FN2/c1-9-6-11(14)2-3-12(9)13-8-16-5-4-10(13)7-15/h2-6,8H,1H3. The summed E-state index contributed by atoms with van der Waals surface area (Å²) in [4.78, 5) is 3.99. The normalized spacial score (nSPS) is 9.81. The molecule has 0 fully saturated rings. The van der Waals surface area contributed by atoms with E-state index in [0.29, 0.717) is 5.56 Å². The van der Waals surface area contributed by atoms with Gasteiger partial charge in [-0.1, -0.05) is 6.07 Å². The fourth-order valence-corrected chi connectivity index (χ4v) is 1.64. The molecule has 0 atom stereocenters. The Kier molecular flexibility index (Phi) is 2.65. The zero-order valence-corrected chi connectivity index (χ0v) is 8.74. The van der Waals surface area contributed by atoms with Crippen LogP contribution in [0.5, 0.6) is 0 Å². The molecule has 0 aliphatic carbocycles. The van der Waals surface area contributed by atoms with Crippen molar-refractivity contribution in [3.63, 3.8) is 0 Å². The number of nitrogens with zero attached hydrogens (tertiary/aromatic N) is 2. The van der Waals surface area contributed by atoms with E-state index >= 15 is 0 Å². The number of rotatable bonds is 1. The van der Waals surface area contributed by atoms with E-state index in [1.807, 2.05) is 6.92 Å². The van der Waals surface area contributed by atoms with Gasteiger partial charge in [-0.15, -0.1) is 0 Å². The number of hydrogen-bond acceptors (Lipinski definition) is 2. The lowest BCUT2D eigenvalue weighted by Gasteiger charge is -2.06. The first-order valence-electron chi connectivity index (χ1n) is 4.83. The van der Waals surface area contributed by atoms with Crippen molar-refractivity contribution in [1.82, 2.24) is 4.98 Å². The highest BCUT2D eigenvalue weighted by Crippen LogP contribution is 2.26. The highest BCUT2D eigenvalue weighted by molar-refractivity contribution is 5.72. The van der Waals surface area contributed by atoms with Crippen molar-refractivity contribution in [1.29, 1.82) is 5.26 Å². The van der Waals surface area contributed by atoms with Gasteiger partial charge in [-0.3, -0.25) is 4.98 Å². The third kappa shape index (κ3) is 1.78. The third-order valence-corrected chi connectivity index (χ3v) is 2.42. The zero-order valence-electron chi connectivity index (χ0n) is 8.74. The van der Waals surface area contributed by atoms with Crippen LogP contribution in [0.2, 0.25) is 0 Å². The molecule has 0 spiro atoms. The fourth-order valence-electron chi connectivity index (χ4n) is 1.64. The van der Waals surface area contributed by atoms with E-state index in [1.165, 1.54) is 12.1 Å². The van der Waals surface area contributed by atoms with Gasteiger partial charge in [-0.25, -0.2) is 4.39 Å². The summed E-state index contributed by atoms with van der Waals surface area (Å²) in [5, 5.41) is 8.97. The molecule has 1 aromatic heterocycles. The van der Waals surface area contributed by atoms with E-state index in [0.717, 1.165) is 16.7 Å². The summed E-state index contributed by atoms with van der Waals surface area (Å²) in [5.74, 6) is -0.274. The molecule has 78 valence electrons. The SMILES string of the molecule is Cc1cc(F)ccc1-c1cnccc1C#N. The van der Waals surface area contributed by atoms with Crippen molar-refractivity contribution in [2.24, 2.45) is 0 Å². The smallest absolute Gasteiger partial charge is 0.123 e. The first-order valence-corrected chi connectivity index (χ1v) is 4.83. The predicted molar refractivity (Wildman–Crippen MR) is 59.1 cm³/mol. The number of halogens is 1. The van der Waals surface area contributed by atoms with Crippen LogP contribution in [-0.2, 0) is 0 Å². The van der Waals surface area contributed by atoms with Crippen molar-refractivity contribution in [2.75, 3.05) is 0 Å². The van der Waals surface area contributed by atoms with Crippen molar-refractivity contribution in [3.05, 3.63) is 53.6 Å². The fraction of sp³-hybridized carbons (Fsp3) is 0.0769. The number of aromatic nitrogens is 1. The summed E-state index contributed by atoms with van der Waals surface area (Å²) in [6.45, 7) is 1.81. The second kappa shape index (κ2) is 4.11. The number of hydrogen-bond donors (Lipinski definition) is 0. The van der Waals surface area contributed by atoms with E-state index < -0.39 is 0 Å². The second-order valence-electron chi connectivity index (χ2n) is 3.49. The summed E-state index contributed by atoms with van der Waals surface area (Å²) < 4.78 is 13.0. The Morgan fingerprint density at radius 1 is 1.25 bits per heavy atom. The Morgan fingerprint density at radius 2 is 2.06 bits per heavy atom. The van der Waals surface area contributed by atoms with Crippen molar-refractivity contribution < 1.29 is 4.39 Å². The lowest BCUT2D eigenvalue weighted by Crippen LogP contribution is -1.89. The summed E-state index contributed by atoms with van der Waals surface area (Å²) in [5.41, 5.74) is 2.92. The maximum atomic E-state index is 13.0. The van der Waals surface area contributed by atoms with Gasteiger partial charge in [-0.05, 0) is 36.2 Å². The molecule has 0 aliphatic rings. The van der Waals surface area contributed by atoms with Gasteiger partial charge in [0, 0.05) is 18.0 Å². The van der Waals surface area contributed by atoms with E-state index in [2.05, 4.69) is 11.1 Å². The Labute approximate surface area is 93.0 Å². The minimum absolute atomic E-state index is 0.274. The summed E-state index contributed by atoms with van der Waals surface area (Å²) in [7, 11) is 0. The Bertz CT molecular complexity index is 570. The van der Waals surface area contributed by atoms with Crippen LogP contribution >= 0.6 is 0 Å². The second-order valence-corrected chi connectivity index (χ2v) is 3.49. The minimum atomic E-state index is -0.274. The van der Waals surface area contributed by atoms with Crippen molar-refractivity contribution >= 4 is 0 Å². The number of pyridine rings is 1. The number of aryl methyl sites for hydroxylation is 1. The summed E-state index contributed by atoms with van der Waals surface area (Å²) in [6.07, 6.45) is 3.19. The van der Waals surface area contributed by atoms with Crippen LogP contribution in [0.1, 0.15) is 11.1 Å². The average Bonchev–Trinajstić information content (AvgIpc) is 2.29. The van der Waals surface area contributed by atoms with Crippen LogP contribution in [0.25, 0.3) is 11.1 Å². The molecule has 16 heavy (non-hydrogen) atoms. The number of benzene rings is 1. The Morgan fingerprint density at radius 3 is 2.75 bits per heavy atom. The molecule has 0 bridgehead atoms. The molecule has 0 saturated carbocycles. The largest absolute Gasteiger partial charge is 0.264 e. The van der Waals surface area contributed by atoms with Crippen LogP contribution in [0, 0.1) is 24.1 Å². The molecule has 3 heteroatoms. The average molecular weight is 212 g/mol. The van der Waals surface area contributed by atoms with Crippen LogP contribution in [0.15, 0.2) is 36.7 Å². The molecule has 0 amide bonds. The molecular formula is C13H9FN2. The highest BCUT2D eigenvalue weighted by atomic mass is 19.1. The van der Waals surface area contributed by atoms with Crippen LogP contribution < -0.4 is 0 Å². The summed E-state index contributed by atoms with van der Waals surface area (Å²) >= 11 is 0. The van der Waals surface area contributed by atoms with Crippen molar-refractivity contribution in [3.8, 4) is 17.2 Å². The Balaban J connectivity index is 2.64. The molecule has 0 saturated heterocycles. The van der Waals surface area contributed by atoms with E-state index in [1.54, 1.807) is 24.5 Å². The first-order chi connectivity index (χ1) is 7.72. The molecule has 0 N–H and O–H groups in total. The van der Waals surface area contributed by atoms with Gasteiger partial charge in [0.05, 0.1) is 11.6 Å². The topological polar surface area (TPSA) is 36.7 Å². The molecule has 2 rings (SSSR count). The lowest BCUT2D eigenvalue weighted by molar-refractivity contribution is 0.627. The van der Waals surface area contributed by atoms with Gasteiger partial charge >= 0.3 is 0 Å². The van der Waals surface area contributed by atoms with Gasteiger partial charge in [0.1, 0.15) is 5.82 Å². The molecule has 2 aromatic rings. The highest BCUT2D eigenvalue weighted by Gasteiger charge is 2.07. The van der Waals surface area contributed by atoms with Crippen LogP contribution in [0.4, 0.5) is 4.39 Å². The minimum Gasteiger partial charge on any atom is -0.264 e. The van der Waals surface area contributed by atoms with Gasteiger partial charge in [-0.2, -0.15) is 5.26 Å². The van der Waals surface area contributed by atoms with Crippen molar-refractivity contribution in [2.45, 2.75) is 6.92 Å². The molecule has 2 nitrogen and oxygen atoms in total. The lowest BCUT2D eigenvalue weighted by atomic mass is 9.98. The summed E-state index contributed by atoms with van der Waals surface area (Å²) in [6, 6.07) is 8.26. The maximum absolute atomic E-state index is 13.0. The monoisotopic (exact) mass is 212 g/mol. The number of nitriles is 1. The molecule has 1 aromatic carbocycles. The predicted octanol–water partition coefficient (Wildman–Crippen LogP) is 3.07. The quantitative estimate of drug-likeness (QED) is 0.728. The zero-order chi connectivity index (χ0) is 11.5. The van der Waals surface area contributed by atoms with Gasteiger partial charge in [0.2, 0.25) is 0 Å². The molecule has 1 heterocycles. The Hall–Kier alpha value is -2.21. The molecule has 0 unspecified atom stereocenters. The maximum Gasteiger partial charge on any atom is 0.123 e. The first kappa shape index (κ1) is 10.3. The van der Waals surface area contributed by atoms with Crippen LogP contribution in [-0.4, -0.2) is 4.98 Å². The molecule has 0 radical (unpaired) electrons. The van der Waals surface area contributed by atoms with Gasteiger partial charge in [0.15, 0.2) is 0 Å². The van der Waals surface area contributed by atoms with Gasteiger partial charge < -0.3 is 0 Å². The third-order valence-electron chi connectivity index (χ3n) is 2.42.